The van der Waals surface area contributed by atoms with Crippen LogP contribution in [0.1, 0.15) is 40.0 Å². The van der Waals surface area contributed by atoms with Crippen molar-refractivity contribution in [1.29, 1.82) is 0 Å². The van der Waals surface area contributed by atoms with Crippen molar-refractivity contribution in [1.82, 2.24) is 0 Å². The molecule has 0 unspecified atom stereocenters. The molecule has 0 aromatic rings. The van der Waals surface area contributed by atoms with Crippen LogP contribution in [0, 0.1) is 5.41 Å². The van der Waals surface area contributed by atoms with Gasteiger partial charge in [0.05, 0.1) is 6.61 Å². The summed E-state index contributed by atoms with van der Waals surface area (Å²) >= 11 is 0. The number of rotatable bonds is 4. The Balaban J connectivity index is 3.62. The van der Waals surface area contributed by atoms with E-state index in [2.05, 4.69) is 20.8 Å². The standard InChI is InChI=1S/C8H17O/c1-4-8(3,5-2)6-7-9/h4-7H2,1-3H3. The topological polar surface area (TPSA) is 19.9 Å². The van der Waals surface area contributed by atoms with Crippen molar-refractivity contribution in [3.05, 3.63) is 0 Å². The van der Waals surface area contributed by atoms with Crippen LogP contribution >= 0.6 is 0 Å². The van der Waals surface area contributed by atoms with Crippen LogP contribution in [0.15, 0.2) is 0 Å². The molecule has 0 saturated carbocycles. The Morgan fingerprint density at radius 3 is 1.78 bits per heavy atom. The smallest absolute Gasteiger partial charge is 0.0827 e. The summed E-state index contributed by atoms with van der Waals surface area (Å²) in [6.45, 7) is 6.57. The average Bonchev–Trinajstić information content (AvgIpc) is 1.89. The van der Waals surface area contributed by atoms with Crippen LogP contribution < -0.4 is 0 Å². The predicted octanol–water partition coefficient (Wildman–Crippen LogP) is 2.63. The van der Waals surface area contributed by atoms with E-state index in [-0.39, 0.29) is 6.61 Å². The molecule has 0 bridgehead atoms. The van der Waals surface area contributed by atoms with Gasteiger partial charge >= 0.3 is 0 Å². The molecule has 1 nitrogen and oxygen atoms in total. The molecule has 9 heavy (non-hydrogen) atoms. The first kappa shape index (κ1) is 8.96. The largest absolute Gasteiger partial charge is 0.237 e. The normalized spacial score (nSPS) is 12.0. The SMILES string of the molecule is CCC(C)(CC)CC[O]. The van der Waals surface area contributed by atoms with E-state index < -0.39 is 0 Å². The van der Waals surface area contributed by atoms with E-state index in [0.29, 0.717) is 5.41 Å². The second-order valence-electron chi connectivity index (χ2n) is 2.97. The Labute approximate surface area is 58.1 Å². The molecule has 0 aromatic heterocycles. The molecule has 0 aromatic carbocycles. The first-order valence-electron chi connectivity index (χ1n) is 3.76. The third-order valence-electron chi connectivity index (χ3n) is 2.41. The van der Waals surface area contributed by atoms with Gasteiger partial charge in [-0.1, -0.05) is 33.6 Å². The van der Waals surface area contributed by atoms with Crippen LogP contribution in [0.25, 0.3) is 0 Å². The van der Waals surface area contributed by atoms with Crippen molar-refractivity contribution in [2.45, 2.75) is 40.0 Å². The summed E-state index contributed by atoms with van der Waals surface area (Å²) in [6, 6.07) is 0. The van der Waals surface area contributed by atoms with E-state index >= 15 is 0 Å². The minimum absolute atomic E-state index is 0.0815. The van der Waals surface area contributed by atoms with Gasteiger partial charge in [-0.25, -0.2) is 5.11 Å². The molecule has 0 N–H and O–H groups in total. The van der Waals surface area contributed by atoms with Crippen molar-refractivity contribution in [3.63, 3.8) is 0 Å². The molecular weight excluding hydrogens is 112 g/mol. The Bertz CT molecular complexity index is 65.0. The lowest BCUT2D eigenvalue weighted by Crippen LogP contribution is -2.14. The van der Waals surface area contributed by atoms with Gasteiger partial charge in [-0.3, -0.25) is 0 Å². The molecule has 0 spiro atoms. The van der Waals surface area contributed by atoms with Crippen LogP contribution in [0.4, 0.5) is 0 Å². The highest BCUT2D eigenvalue weighted by Gasteiger charge is 2.18. The molecule has 0 aliphatic rings. The highest BCUT2D eigenvalue weighted by molar-refractivity contribution is 4.69. The van der Waals surface area contributed by atoms with Crippen LogP contribution in [0.2, 0.25) is 0 Å². The van der Waals surface area contributed by atoms with E-state index in [1.165, 1.54) is 0 Å². The maximum absolute atomic E-state index is 10.3. The average molecular weight is 129 g/mol. The van der Waals surface area contributed by atoms with Gasteiger partial charge in [-0.05, 0) is 11.8 Å². The molecule has 1 heteroatoms. The molecule has 0 atom stereocenters. The fourth-order valence-corrected chi connectivity index (χ4v) is 0.850. The first-order chi connectivity index (χ1) is 4.18. The van der Waals surface area contributed by atoms with Crippen molar-refractivity contribution in [2.24, 2.45) is 5.41 Å². The Morgan fingerprint density at radius 1 is 1.22 bits per heavy atom. The summed E-state index contributed by atoms with van der Waals surface area (Å²) in [7, 11) is 0. The zero-order valence-corrected chi connectivity index (χ0v) is 6.74. The summed E-state index contributed by atoms with van der Waals surface area (Å²) in [5, 5.41) is 10.3. The van der Waals surface area contributed by atoms with Gasteiger partial charge < -0.3 is 0 Å². The van der Waals surface area contributed by atoms with Crippen LogP contribution in [0.5, 0.6) is 0 Å². The van der Waals surface area contributed by atoms with Gasteiger partial charge in [0, 0.05) is 0 Å². The van der Waals surface area contributed by atoms with Gasteiger partial charge in [-0.2, -0.15) is 0 Å². The summed E-state index contributed by atoms with van der Waals surface area (Å²) in [6.07, 6.45) is 3.09. The molecule has 0 rings (SSSR count). The molecule has 1 radical (unpaired) electrons. The fraction of sp³-hybridized carbons (Fsp3) is 1.00. The van der Waals surface area contributed by atoms with E-state index in [9.17, 15) is 5.11 Å². The van der Waals surface area contributed by atoms with E-state index in [1.807, 2.05) is 0 Å². The van der Waals surface area contributed by atoms with E-state index in [1.54, 1.807) is 0 Å². The maximum Gasteiger partial charge on any atom is 0.0827 e. The highest BCUT2D eigenvalue weighted by Crippen LogP contribution is 2.28. The molecule has 55 valence electrons. The monoisotopic (exact) mass is 129 g/mol. The molecular formula is C8H17O. The minimum Gasteiger partial charge on any atom is -0.237 e. The fourth-order valence-electron chi connectivity index (χ4n) is 0.850. The minimum atomic E-state index is 0.0815. The second kappa shape index (κ2) is 3.89. The predicted molar refractivity (Wildman–Crippen MR) is 38.9 cm³/mol. The van der Waals surface area contributed by atoms with Gasteiger partial charge in [0.25, 0.3) is 0 Å². The zero-order valence-electron chi connectivity index (χ0n) is 6.74. The Kier molecular flexibility index (Phi) is 3.87. The first-order valence-corrected chi connectivity index (χ1v) is 3.76. The summed E-state index contributed by atoms with van der Waals surface area (Å²) < 4.78 is 0. The Morgan fingerprint density at radius 2 is 1.67 bits per heavy atom. The lowest BCUT2D eigenvalue weighted by atomic mass is 9.82. The highest BCUT2D eigenvalue weighted by atomic mass is 16.3. The number of hydrogen-bond acceptors (Lipinski definition) is 0. The van der Waals surface area contributed by atoms with Gasteiger partial charge in [0.15, 0.2) is 0 Å². The lowest BCUT2D eigenvalue weighted by molar-refractivity contribution is 0.130. The lowest BCUT2D eigenvalue weighted by Gasteiger charge is -2.24. The maximum atomic E-state index is 10.3. The van der Waals surface area contributed by atoms with Crippen molar-refractivity contribution < 1.29 is 5.11 Å². The molecule has 0 fully saturated rings. The van der Waals surface area contributed by atoms with E-state index in [0.717, 1.165) is 19.3 Å². The third kappa shape index (κ3) is 2.85. The zero-order chi connectivity index (χ0) is 7.33. The third-order valence-corrected chi connectivity index (χ3v) is 2.41. The number of hydrogen-bond donors (Lipinski definition) is 0. The van der Waals surface area contributed by atoms with Crippen molar-refractivity contribution in [3.8, 4) is 0 Å². The molecule has 0 amide bonds. The van der Waals surface area contributed by atoms with Crippen LogP contribution in [-0.2, 0) is 5.11 Å². The van der Waals surface area contributed by atoms with Crippen LogP contribution in [-0.4, -0.2) is 6.61 Å². The Hall–Kier alpha value is -0.0400. The van der Waals surface area contributed by atoms with Gasteiger partial charge in [0.1, 0.15) is 0 Å². The summed E-state index contributed by atoms with van der Waals surface area (Å²) in [5.74, 6) is 0. The molecule has 0 aliphatic heterocycles. The molecule has 0 saturated heterocycles. The quantitative estimate of drug-likeness (QED) is 0.556. The van der Waals surface area contributed by atoms with Crippen molar-refractivity contribution >= 4 is 0 Å². The van der Waals surface area contributed by atoms with Gasteiger partial charge in [0.2, 0.25) is 0 Å². The summed E-state index contributed by atoms with van der Waals surface area (Å²) in [5.41, 5.74) is 0.321. The van der Waals surface area contributed by atoms with Crippen molar-refractivity contribution in [2.75, 3.05) is 6.61 Å². The molecule has 0 heterocycles. The summed E-state index contributed by atoms with van der Waals surface area (Å²) in [4.78, 5) is 0. The van der Waals surface area contributed by atoms with E-state index in [4.69, 9.17) is 0 Å². The van der Waals surface area contributed by atoms with Gasteiger partial charge in [-0.15, -0.1) is 0 Å². The molecule has 0 aliphatic carbocycles. The second-order valence-corrected chi connectivity index (χ2v) is 2.97. The van der Waals surface area contributed by atoms with Crippen LogP contribution in [0.3, 0.4) is 0 Å².